The number of anilines is 2. The number of hydrogen-bond acceptors (Lipinski definition) is 10. The molecule has 0 aliphatic carbocycles. The Morgan fingerprint density at radius 2 is 1.97 bits per heavy atom. The van der Waals surface area contributed by atoms with E-state index in [9.17, 15) is 15.0 Å². The Balaban J connectivity index is 1.67. The summed E-state index contributed by atoms with van der Waals surface area (Å²) in [5, 5.41) is 21.8. The SMILES string of the molecule is C[C@]1(O)C[C@@H](O)CN(C(=O)c2ccc(OCCN)cc2)C[C@@H]1n1cnc2c(N)nc(N)nc21. The number of imidazole rings is 1. The molecule has 1 aromatic carbocycles. The first-order chi connectivity index (χ1) is 15.7. The first-order valence-electron chi connectivity index (χ1n) is 10.6. The van der Waals surface area contributed by atoms with Crippen molar-refractivity contribution in [1.29, 1.82) is 0 Å². The lowest BCUT2D eigenvalue weighted by Crippen LogP contribution is -2.42. The number of carbonyl (C=O) groups is 1. The number of benzene rings is 1. The van der Waals surface area contributed by atoms with Crippen LogP contribution in [0.15, 0.2) is 30.6 Å². The van der Waals surface area contributed by atoms with Gasteiger partial charge in [0.05, 0.1) is 24.1 Å². The lowest BCUT2D eigenvalue weighted by atomic mass is 9.91. The summed E-state index contributed by atoms with van der Waals surface area (Å²) in [6, 6.07) is 6.01. The van der Waals surface area contributed by atoms with Gasteiger partial charge in [0, 0.05) is 31.6 Å². The minimum absolute atomic E-state index is 0.0278. The quantitative estimate of drug-likeness (QED) is 0.335. The van der Waals surface area contributed by atoms with Gasteiger partial charge in [-0.15, -0.1) is 0 Å². The van der Waals surface area contributed by atoms with Gasteiger partial charge in [-0.3, -0.25) is 4.79 Å². The van der Waals surface area contributed by atoms with Gasteiger partial charge in [0.25, 0.3) is 5.91 Å². The summed E-state index contributed by atoms with van der Waals surface area (Å²) >= 11 is 0. The first-order valence-corrected chi connectivity index (χ1v) is 10.6. The first kappa shape index (κ1) is 22.7. The summed E-state index contributed by atoms with van der Waals surface area (Å²) in [5.74, 6) is 0.406. The second-order valence-electron chi connectivity index (χ2n) is 8.39. The maximum Gasteiger partial charge on any atom is 0.254 e. The molecule has 0 saturated carbocycles. The van der Waals surface area contributed by atoms with Crippen molar-refractivity contribution in [2.45, 2.75) is 31.1 Å². The molecule has 1 amide bonds. The zero-order valence-corrected chi connectivity index (χ0v) is 18.3. The summed E-state index contributed by atoms with van der Waals surface area (Å²) in [4.78, 5) is 27.2. The van der Waals surface area contributed by atoms with Crippen LogP contribution in [0.4, 0.5) is 11.8 Å². The lowest BCUT2D eigenvalue weighted by molar-refractivity contribution is -0.0217. The normalized spacial score (nSPS) is 23.5. The van der Waals surface area contributed by atoms with Crippen LogP contribution in [0.1, 0.15) is 29.7 Å². The number of nitrogen functional groups attached to an aromatic ring is 2. The molecule has 2 aromatic heterocycles. The molecule has 0 bridgehead atoms. The third kappa shape index (κ3) is 4.53. The van der Waals surface area contributed by atoms with E-state index in [-0.39, 0.29) is 37.2 Å². The number of nitrogens with two attached hydrogens (primary N) is 3. The van der Waals surface area contributed by atoms with Crippen molar-refractivity contribution in [3.63, 3.8) is 0 Å². The third-order valence-corrected chi connectivity index (χ3v) is 5.77. The molecule has 0 radical (unpaired) electrons. The van der Waals surface area contributed by atoms with Crippen molar-refractivity contribution in [2.75, 3.05) is 37.7 Å². The second-order valence-corrected chi connectivity index (χ2v) is 8.39. The summed E-state index contributed by atoms with van der Waals surface area (Å²) < 4.78 is 7.09. The number of ether oxygens (including phenoxy) is 1. The van der Waals surface area contributed by atoms with Crippen molar-refractivity contribution >= 4 is 28.8 Å². The number of aromatic nitrogens is 4. The summed E-state index contributed by atoms with van der Waals surface area (Å²) in [7, 11) is 0. The molecule has 3 atom stereocenters. The predicted octanol–water partition coefficient (Wildman–Crippen LogP) is -0.473. The van der Waals surface area contributed by atoms with E-state index in [0.29, 0.717) is 35.6 Å². The standard InChI is InChI=1S/C21H28N8O4/c1-21(32)8-13(30)9-28(19(31)12-2-4-14(5-3-12)33-7-6-22)10-15(21)29-11-25-16-17(23)26-20(24)27-18(16)29/h2-5,11,13,15,30,32H,6-10,22H2,1H3,(H4,23,24,26,27)/t13-,15+,21+/m1/s1. The number of β-amino-alcohol motifs (C(OH)–C–C–N with tert-alkyl or cyclic N) is 1. The van der Waals surface area contributed by atoms with Crippen LogP contribution in [0.25, 0.3) is 11.2 Å². The molecule has 0 spiro atoms. The van der Waals surface area contributed by atoms with Gasteiger partial charge in [-0.2, -0.15) is 9.97 Å². The fourth-order valence-electron chi connectivity index (χ4n) is 4.20. The van der Waals surface area contributed by atoms with Crippen LogP contribution in [0.2, 0.25) is 0 Å². The van der Waals surface area contributed by atoms with Gasteiger partial charge in [-0.1, -0.05) is 0 Å². The maximum absolute atomic E-state index is 13.3. The molecule has 8 N–H and O–H groups in total. The zero-order chi connectivity index (χ0) is 23.8. The fourth-order valence-corrected chi connectivity index (χ4v) is 4.20. The topological polar surface area (TPSA) is 192 Å². The van der Waals surface area contributed by atoms with E-state index in [1.54, 1.807) is 35.8 Å². The Morgan fingerprint density at radius 1 is 1.24 bits per heavy atom. The number of aliphatic hydroxyl groups excluding tert-OH is 1. The molecule has 0 unspecified atom stereocenters. The molecule has 1 fully saturated rings. The van der Waals surface area contributed by atoms with Crippen molar-refractivity contribution in [2.24, 2.45) is 5.73 Å². The summed E-state index contributed by atoms with van der Waals surface area (Å²) in [6.45, 7) is 2.53. The van der Waals surface area contributed by atoms with Crippen LogP contribution in [0.3, 0.4) is 0 Å². The van der Waals surface area contributed by atoms with Gasteiger partial charge in [0.15, 0.2) is 11.5 Å². The molecule has 4 rings (SSSR count). The largest absolute Gasteiger partial charge is 0.492 e. The number of nitrogens with zero attached hydrogens (tertiary/aromatic N) is 5. The Morgan fingerprint density at radius 3 is 2.67 bits per heavy atom. The van der Waals surface area contributed by atoms with E-state index < -0.39 is 17.7 Å². The highest BCUT2D eigenvalue weighted by molar-refractivity contribution is 5.94. The highest BCUT2D eigenvalue weighted by Gasteiger charge is 2.42. The Hall–Kier alpha value is -3.48. The van der Waals surface area contributed by atoms with Crippen molar-refractivity contribution in [3.8, 4) is 5.75 Å². The number of amides is 1. The molecule has 33 heavy (non-hydrogen) atoms. The Labute approximate surface area is 190 Å². The molecule has 3 heterocycles. The molecule has 1 saturated heterocycles. The smallest absolute Gasteiger partial charge is 0.254 e. The lowest BCUT2D eigenvalue weighted by Gasteiger charge is -2.34. The Bertz CT molecular complexity index is 1150. The van der Waals surface area contributed by atoms with Crippen LogP contribution in [0.5, 0.6) is 5.75 Å². The van der Waals surface area contributed by atoms with E-state index in [1.807, 2.05) is 0 Å². The van der Waals surface area contributed by atoms with Gasteiger partial charge in [0.2, 0.25) is 5.95 Å². The molecule has 12 heteroatoms. The summed E-state index contributed by atoms with van der Waals surface area (Å²) in [6.07, 6.45) is 0.599. The second kappa shape index (κ2) is 8.81. The Kier molecular flexibility index (Phi) is 6.06. The van der Waals surface area contributed by atoms with Gasteiger partial charge in [-0.25, -0.2) is 4.98 Å². The number of fused-ring (bicyclic) bond motifs is 1. The highest BCUT2D eigenvalue weighted by atomic mass is 16.5. The number of aliphatic hydroxyl groups is 2. The van der Waals surface area contributed by atoms with Gasteiger partial charge >= 0.3 is 0 Å². The van der Waals surface area contributed by atoms with Crippen LogP contribution in [-0.2, 0) is 0 Å². The van der Waals surface area contributed by atoms with Crippen molar-refractivity contribution in [3.05, 3.63) is 36.2 Å². The average Bonchev–Trinajstić information content (AvgIpc) is 3.12. The molecule has 1 aliphatic rings. The fraction of sp³-hybridized carbons (Fsp3) is 0.429. The van der Waals surface area contributed by atoms with Gasteiger partial charge < -0.3 is 41.6 Å². The average molecular weight is 457 g/mol. The molecule has 176 valence electrons. The molecule has 1 aliphatic heterocycles. The van der Waals surface area contributed by atoms with Gasteiger partial charge in [0.1, 0.15) is 17.9 Å². The van der Waals surface area contributed by atoms with Crippen LogP contribution >= 0.6 is 0 Å². The van der Waals surface area contributed by atoms with Crippen LogP contribution < -0.4 is 21.9 Å². The molecular formula is C21H28N8O4. The van der Waals surface area contributed by atoms with Crippen molar-refractivity contribution in [1.82, 2.24) is 24.4 Å². The van der Waals surface area contributed by atoms with E-state index >= 15 is 0 Å². The maximum atomic E-state index is 13.3. The van der Waals surface area contributed by atoms with E-state index in [0.717, 1.165) is 0 Å². The van der Waals surface area contributed by atoms with Gasteiger partial charge in [-0.05, 0) is 31.2 Å². The highest BCUT2D eigenvalue weighted by Crippen LogP contribution is 2.34. The number of carbonyl (C=O) groups excluding carboxylic acids is 1. The minimum atomic E-state index is -1.38. The van der Waals surface area contributed by atoms with Crippen LogP contribution in [0, 0.1) is 0 Å². The molecular weight excluding hydrogens is 428 g/mol. The number of likely N-dealkylation sites (tertiary alicyclic amines) is 1. The monoisotopic (exact) mass is 456 g/mol. The number of rotatable bonds is 5. The zero-order valence-electron chi connectivity index (χ0n) is 18.3. The summed E-state index contributed by atoms with van der Waals surface area (Å²) in [5.41, 5.74) is 16.9. The molecule has 3 aromatic rings. The van der Waals surface area contributed by atoms with E-state index in [2.05, 4.69) is 15.0 Å². The van der Waals surface area contributed by atoms with E-state index in [4.69, 9.17) is 21.9 Å². The van der Waals surface area contributed by atoms with Crippen molar-refractivity contribution < 1.29 is 19.7 Å². The predicted molar refractivity (Wildman–Crippen MR) is 121 cm³/mol. The minimum Gasteiger partial charge on any atom is -0.492 e. The molecule has 12 nitrogen and oxygen atoms in total. The number of hydrogen-bond donors (Lipinski definition) is 5. The van der Waals surface area contributed by atoms with E-state index in [1.165, 1.54) is 11.2 Å². The third-order valence-electron chi connectivity index (χ3n) is 5.77. The van der Waals surface area contributed by atoms with Crippen LogP contribution in [-0.4, -0.2) is 78.5 Å².